The zero-order valence-corrected chi connectivity index (χ0v) is 23.7. The number of hydrogen-bond donors (Lipinski definition) is 3. The number of esters is 1. The number of fused-ring (bicyclic) bond motifs is 1. The lowest BCUT2D eigenvalue weighted by Gasteiger charge is -2.44. The van der Waals surface area contributed by atoms with Crippen LogP contribution in [0, 0.1) is 23.2 Å². The standard InChI is InChI=1S/C31H50O6/c1-20(9-7-16-30(3,4)35)24-13-14-25-22(10-8-17-31(24,25)5)11-12-23-19-26(32)29(28(34)21(23)2)37-18-15-27(33)36-6/h11-12,20,24-26,28-29,32,34-35H,2,7-10,13-19H2,1,3-6H3/b22-11+,23-12-/t20-,24-,25+,26-,28-,29-,31-/m1/s1. The van der Waals surface area contributed by atoms with Crippen molar-refractivity contribution in [3.8, 4) is 0 Å². The molecule has 0 spiro atoms. The van der Waals surface area contributed by atoms with Crippen LogP contribution in [0.5, 0.6) is 0 Å². The molecule has 3 N–H and O–H groups in total. The number of ether oxygens (including phenoxy) is 2. The highest BCUT2D eigenvalue weighted by atomic mass is 16.5. The van der Waals surface area contributed by atoms with E-state index in [1.54, 1.807) is 0 Å². The summed E-state index contributed by atoms with van der Waals surface area (Å²) >= 11 is 0. The number of carbonyl (C=O) groups excluding carboxylic acids is 1. The molecule has 37 heavy (non-hydrogen) atoms. The van der Waals surface area contributed by atoms with Crippen LogP contribution in [0.4, 0.5) is 0 Å². The van der Waals surface area contributed by atoms with E-state index in [1.807, 2.05) is 13.8 Å². The molecule has 0 unspecified atom stereocenters. The monoisotopic (exact) mass is 518 g/mol. The van der Waals surface area contributed by atoms with E-state index in [0.29, 0.717) is 35.2 Å². The van der Waals surface area contributed by atoms with Gasteiger partial charge in [-0.05, 0) is 86.7 Å². The van der Waals surface area contributed by atoms with E-state index in [4.69, 9.17) is 4.74 Å². The number of aliphatic hydroxyl groups is 3. The average molecular weight is 519 g/mol. The summed E-state index contributed by atoms with van der Waals surface area (Å²) in [6, 6.07) is 0. The van der Waals surface area contributed by atoms with Crippen molar-refractivity contribution in [2.45, 2.75) is 116 Å². The van der Waals surface area contributed by atoms with Gasteiger partial charge in [0, 0.05) is 6.42 Å². The van der Waals surface area contributed by atoms with Gasteiger partial charge in [0.2, 0.25) is 0 Å². The minimum Gasteiger partial charge on any atom is -0.469 e. The molecule has 6 nitrogen and oxygen atoms in total. The molecular weight excluding hydrogens is 468 g/mol. The van der Waals surface area contributed by atoms with Gasteiger partial charge in [-0.1, -0.05) is 51.0 Å². The van der Waals surface area contributed by atoms with Crippen molar-refractivity contribution in [3.05, 3.63) is 35.5 Å². The first kappa shape index (κ1) is 30.1. The van der Waals surface area contributed by atoms with Crippen LogP contribution in [0.3, 0.4) is 0 Å². The Labute approximate surface area is 223 Å². The minimum absolute atomic E-state index is 0.0763. The molecule has 3 saturated carbocycles. The van der Waals surface area contributed by atoms with Crippen LogP contribution < -0.4 is 0 Å². The van der Waals surface area contributed by atoms with Gasteiger partial charge in [-0.15, -0.1) is 0 Å². The Morgan fingerprint density at radius 3 is 2.68 bits per heavy atom. The van der Waals surface area contributed by atoms with Gasteiger partial charge >= 0.3 is 5.97 Å². The second-order valence-electron chi connectivity index (χ2n) is 12.6. The molecular formula is C31H50O6. The van der Waals surface area contributed by atoms with E-state index < -0.39 is 23.9 Å². The zero-order chi connectivity index (χ0) is 27.4. The van der Waals surface area contributed by atoms with E-state index in [9.17, 15) is 20.1 Å². The highest BCUT2D eigenvalue weighted by Gasteiger charge is 2.50. The molecule has 0 bridgehead atoms. The van der Waals surface area contributed by atoms with Gasteiger partial charge in [-0.3, -0.25) is 4.79 Å². The molecule has 0 aliphatic heterocycles. The topological polar surface area (TPSA) is 96.2 Å². The number of allylic oxidation sites excluding steroid dienone is 3. The summed E-state index contributed by atoms with van der Waals surface area (Å²) in [4.78, 5) is 11.3. The molecule has 0 aromatic heterocycles. The summed E-state index contributed by atoms with van der Waals surface area (Å²) < 4.78 is 10.2. The normalized spacial score (nSPS) is 35.6. The lowest BCUT2D eigenvalue weighted by atomic mass is 9.60. The first-order chi connectivity index (χ1) is 17.4. The van der Waals surface area contributed by atoms with Crippen molar-refractivity contribution >= 4 is 5.97 Å². The Bertz CT molecular complexity index is 867. The van der Waals surface area contributed by atoms with Crippen LogP contribution >= 0.6 is 0 Å². The summed E-state index contributed by atoms with van der Waals surface area (Å²) in [5, 5.41) is 31.5. The molecule has 0 aromatic rings. The first-order valence-corrected chi connectivity index (χ1v) is 14.2. The SMILES string of the molecule is C=C1/C(=C\C=C2/CCC[C@]3(C)[C@@H]([C@H](C)CCCC(C)(C)O)CC[C@@H]23)C[C@@H](O)[C@@H](OCCC(=O)OC)[C@@H]1O. The minimum atomic E-state index is -1.01. The summed E-state index contributed by atoms with van der Waals surface area (Å²) in [6.45, 7) is 12.9. The van der Waals surface area contributed by atoms with Crippen LogP contribution in [0.25, 0.3) is 0 Å². The van der Waals surface area contributed by atoms with Crippen molar-refractivity contribution in [2.75, 3.05) is 13.7 Å². The van der Waals surface area contributed by atoms with E-state index in [2.05, 4.69) is 37.3 Å². The lowest BCUT2D eigenvalue weighted by molar-refractivity contribution is -0.145. The smallest absolute Gasteiger partial charge is 0.307 e. The van der Waals surface area contributed by atoms with Crippen LogP contribution in [-0.4, -0.2) is 58.9 Å². The van der Waals surface area contributed by atoms with Crippen molar-refractivity contribution in [2.24, 2.45) is 23.2 Å². The second kappa shape index (κ2) is 12.6. The third kappa shape index (κ3) is 7.35. The van der Waals surface area contributed by atoms with Gasteiger partial charge in [0.1, 0.15) is 12.2 Å². The maximum Gasteiger partial charge on any atom is 0.307 e. The van der Waals surface area contributed by atoms with Crippen molar-refractivity contribution in [1.29, 1.82) is 0 Å². The Hall–Kier alpha value is -1.47. The molecule has 3 aliphatic rings. The predicted octanol–water partition coefficient (Wildman–Crippen LogP) is 5.26. The van der Waals surface area contributed by atoms with Gasteiger partial charge in [-0.25, -0.2) is 0 Å². The third-order valence-corrected chi connectivity index (χ3v) is 9.40. The molecule has 3 aliphatic carbocycles. The Kier molecular flexibility index (Phi) is 10.2. The number of carbonyl (C=O) groups is 1. The molecule has 0 radical (unpaired) electrons. The summed E-state index contributed by atoms with van der Waals surface area (Å²) in [7, 11) is 1.32. The fourth-order valence-electron chi connectivity index (χ4n) is 7.31. The van der Waals surface area contributed by atoms with Gasteiger partial charge in [0.05, 0.1) is 31.8 Å². The fraction of sp³-hybridized carbons (Fsp3) is 0.774. The molecule has 210 valence electrons. The molecule has 7 atom stereocenters. The molecule has 3 fully saturated rings. The van der Waals surface area contributed by atoms with Gasteiger partial charge in [0.15, 0.2) is 0 Å². The van der Waals surface area contributed by atoms with Crippen LogP contribution in [-0.2, 0) is 14.3 Å². The number of hydrogen-bond acceptors (Lipinski definition) is 6. The number of methoxy groups -OCH3 is 1. The number of rotatable bonds is 10. The van der Waals surface area contributed by atoms with Crippen molar-refractivity contribution < 1.29 is 29.6 Å². The molecule has 3 rings (SSSR count). The molecule has 0 heterocycles. The Morgan fingerprint density at radius 2 is 2.00 bits per heavy atom. The van der Waals surface area contributed by atoms with E-state index in [0.717, 1.165) is 24.8 Å². The second-order valence-corrected chi connectivity index (χ2v) is 12.6. The lowest BCUT2D eigenvalue weighted by Crippen LogP contribution is -2.45. The van der Waals surface area contributed by atoms with Gasteiger partial charge in [-0.2, -0.15) is 0 Å². The van der Waals surface area contributed by atoms with E-state index in [1.165, 1.54) is 44.8 Å². The highest BCUT2D eigenvalue weighted by Crippen LogP contribution is 2.60. The summed E-state index contributed by atoms with van der Waals surface area (Å²) in [5.74, 6) is 1.53. The summed E-state index contributed by atoms with van der Waals surface area (Å²) in [5.41, 5.74) is 2.64. The van der Waals surface area contributed by atoms with E-state index in [-0.39, 0.29) is 19.0 Å². The molecule has 0 saturated heterocycles. The maximum atomic E-state index is 11.3. The van der Waals surface area contributed by atoms with Crippen LogP contribution in [0.2, 0.25) is 0 Å². The van der Waals surface area contributed by atoms with Gasteiger partial charge in [0.25, 0.3) is 0 Å². The summed E-state index contributed by atoms with van der Waals surface area (Å²) in [6.07, 6.45) is 11.2. The Morgan fingerprint density at radius 1 is 1.27 bits per heavy atom. The maximum absolute atomic E-state index is 11.3. The van der Waals surface area contributed by atoms with Crippen LogP contribution in [0.1, 0.15) is 91.9 Å². The Balaban J connectivity index is 1.65. The quantitative estimate of drug-likeness (QED) is 0.341. The largest absolute Gasteiger partial charge is 0.469 e. The number of aliphatic hydroxyl groups excluding tert-OH is 2. The van der Waals surface area contributed by atoms with Crippen molar-refractivity contribution in [1.82, 2.24) is 0 Å². The van der Waals surface area contributed by atoms with Crippen molar-refractivity contribution in [3.63, 3.8) is 0 Å². The zero-order valence-electron chi connectivity index (χ0n) is 23.7. The molecule has 0 aromatic carbocycles. The molecule has 0 amide bonds. The third-order valence-electron chi connectivity index (χ3n) is 9.40. The average Bonchev–Trinajstić information content (AvgIpc) is 3.19. The fourth-order valence-corrected chi connectivity index (χ4v) is 7.31. The first-order valence-electron chi connectivity index (χ1n) is 14.2. The molecule has 6 heteroatoms. The van der Waals surface area contributed by atoms with Crippen LogP contribution in [0.15, 0.2) is 35.5 Å². The predicted molar refractivity (Wildman–Crippen MR) is 146 cm³/mol. The van der Waals surface area contributed by atoms with Gasteiger partial charge < -0.3 is 24.8 Å². The highest BCUT2D eigenvalue weighted by molar-refractivity contribution is 5.69. The van der Waals surface area contributed by atoms with E-state index >= 15 is 0 Å².